The fourth-order valence-corrected chi connectivity index (χ4v) is 2.79. The molecule has 0 fully saturated rings. The number of hydrogen-bond donors (Lipinski definition) is 1. The number of ether oxygens (including phenoxy) is 1. The SMILES string of the molecule is COc1ccc([C@@H](CC(C)C)NC(=O)c2ccc(I)cc2)cc1. The third-order valence-corrected chi connectivity index (χ3v) is 4.36. The summed E-state index contributed by atoms with van der Waals surface area (Å²) in [7, 11) is 1.65. The molecule has 2 rings (SSSR count). The Morgan fingerprint density at radius 3 is 2.22 bits per heavy atom. The van der Waals surface area contributed by atoms with E-state index in [2.05, 4.69) is 41.8 Å². The summed E-state index contributed by atoms with van der Waals surface area (Å²) in [6.45, 7) is 4.32. The van der Waals surface area contributed by atoms with Gasteiger partial charge in [-0.2, -0.15) is 0 Å². The van der Waals surface area contributed by atoms with E-state index in [0.717, 1.165) is 21.3 Å². The van der Waals surface area contributed by atoms with Crippen molar-refractivity contribution in [1.29, 1.82) is 0 Å². The minimum Gasteiger partial charge on any atom is -0.497 e. The summed E-state index contributed by atoms with van der Waals surface area (Å²) in [4.78, 5) is 12.5. The third kappa shape index (κ3) is 5.23. The highest BCUT2D eigenvalue weighted by Crippen LogP contribution is 2.24. The highest BCUT2D eigenvalue weighted by atomic mass is 127. The van der Waals surface area contributed by atoms with Gasteiger partial charge in [-0.05, 0) is 76.9 Å². The second-order valence-electron chi connectivity index (χ2n) is 5.94. The Labute approximate surface area is 151 Å². The lowest BCUT2D eigenvalue weighted by Gasteiger charge is -2.21. The van der Waals surface area contributed by atoms with Crippen LogP contribution in [-0.4, -0.2) is 13.0 Å². The van der Waals surface area contributed by atoms with E-state index in [0.29, 0.717) is 11.5 Å². The van der Waals surface area contributed by atoms with Gasteiger partial charge in [-0.15, -0.1) is 0 Å². The topological polar surface area (TPSA) is 38.3 Å². The van der Waals surface area contributed by atoms with Crippen molar-refractivity contribution in [2.45, 2.75) is 26.3 Å². The molecule has 0 aliphatic rings. The molecule has 0 aromatic heterocycles. The summed E-state index contributed by atoms with van der Waals surface area (Å²) in [5.41, 5.74) is 1.78. The number of hydrogen-bond acceptors (Lipinski definition) is 2. The van der Waals surface area contributed by atoms with Crippen molar-refractivity contribution in [2.24, 2.45) is 5.92 Å². The van der Waals surface area contributed by atoms with Crippen molar-refractivity contribution in [2.75, 3.05) is 7.11 Å². The Morgan fingerprint density at radius 2 is 1.70 bits per heavy atom. The van der Waals surface area contributed by atoms with Crippen molar-refractivity contribution >= 4 is 28.5 Å². The van der Waals surface area contributed by atoms with Gasteiger partial charge in [0.15, 0.2) is 0 Å². The molecule has 4 heteroatoms. The molecule has 23 heavy (non-hydrogen) atoms. The van der Waals surface area contributed by atoms with E-state index >= 15 is 0 Å². The summed E-state index contributed by atoms with van der Waals surface area (Å²) in [5.74, 6) is 1.27. The van der Waals surface area contributed by atoms with Crippen LogP contribution in [0.5, 0.6) is 5.75 Å². The van der Waals surface area contributed by atoms with Gasteiger partial charge in [-0.3, -0.25) is 4.79 Å². The minimum atomic E-state index is -0.0390. The van der Waals surface area contributed by atoms with Crippen LogP contribution < -0.4 is 10.1 Å². The Kier molecular flexibility index (Phi) is 6.45. The van der Waals surface area contributed by atoms with Gasteiger partial charge in [0.2, 0.25) is 0 Å². The van der Waals surface area contributed by atoms with Crippen molar-refractivity contribution < 1.29 is 9.53 Å². The predicted molar refractivity (Wildman–Crippen MR) is 102 cm³/mol. The van der Waals surface area contributed by atoms with Crippen LogP contribution in [0.1, 0.15) is 42.2 Å². The van der Waals surface area contributed by atoms with E-state index in [1.807, 2.05) is 48.5 Å². The molecule has 0 bridgehead atoms. The minimum absolute atomic E-state index is 0.00677. The highest BCUT2D eigenvalue weighted by molar-refractivity contribution is 14.1. The van der Waals surface area contributed by atoms with E-state index < -0.39 is 0 Å². The molecule has 2 aromatic rings. The summed E-state index contributed by atoms with van der Waals surface area (Å²) in [5, 5.41) is 3.16. The number of carbonyl (C=O) groups is 1. The second kappa shape index (κ2) is 8.34. The molecule has 1 amide bonds. The first kappa shape index (κ1) is 17.8. The molecule has 3 nitrogen and oxygen atoms in total. The quantitative estimate of drug-likeness (QED) is 0.677. The molecule has 0 radical (unpaired) electrons. The van der Waals surface area contributed by atoms with Crippen LogP contribution in [0.4, 0.5) is 0 Å². The fourth-order valence-electron chi connectivity index (χ4n) is 2.43. The lowest BCUT2D eigenvalue weighted by Crippen LogP contribution is -2.29. The van der Waals surface area contributed by atoms with E-state index in [-0.39, 0.29) is 11.9 Å². The van der Waals surface area contributed by atoms with Gasteiger partial charge in [0.25, 0.3) is 5.91 Å². The van der Waals surface area contributed by atoms with Gasteiger partial charge in [0.05, 0.1) is 13.2 Å². The third-order valence-electron chi connectivity index (χ3n) is 3.64. The molecular weight excluding hydrogens is 401 g/mol. The van der Waals surface area contributed by atoms with E-state index in [1.54, 1.807) is 7.11 Å². The van der Waals surface area contributed by atoms with Gasteiger partial charge < -0.3 is 10.1 Å². The average molecular weight is 423 g/mol. The average Bonchev–Trinajstić information content (AvgIpc) is 2.54. The normalized spacial score (nSPS) is 12.0. The molecule has 0 saturated heterocycles. The molecule has 2 aromatic carbocycles. The Morgan fingerprint density at radius 1 is 1.09 bits per heavy atom. The first-order valence-electron chi connectivity index (χ1n) is 7.70. The first-order chi connectivity index (χ1) is 11.0. The van der Waals surface area contributed by atoms with Gasteiger partial charge in [-0.25, -0.2) is 0 Å². The zero-order valence-electron chi connectivity index (χ0n) is 13.7. The predicted octanol–water partition coefficient (Wildman–Crippen LogP) is 4.82. The molecule has 0 saturated carbocycles. The zero-order valence-corrected chi connectivity index (χ0v) is 15.8. The zero-order chi connectivity index (χ0) is 16.8. The Bertz CT molecular complexity index is 635. The maximum Gasteiger partial charge on any atom is 0.251 e. The Hall–Kier alpha value is -1.56. The molecule has 0 aliphatic heterocycles. The van der Waals surface area contributed by atoms with E-state index in [4.69, 9.17) is 4.74 Å². The lowest BCUT2D eigenvalue weighted by atomic mass is 9.96. The fraction of sp³-hybridized carbons (Fsp3) is 0.316. The van der Waals surface area contributed by atoms with Crippen molar-refractivity contribution in [1.82, 2.24) is 5.32 Å². The summed E-state index contributed by atoms with van der Waals surface area (Å²) >= 11 is 2.23. The van der Waals surface area contributed by atoms with Gasteiger partial charge in [0, 0.05) is 9.13 Å². The molecule has 0 unspecified atom stereocenters. The van der Waals surface area contributed by atoms with Gasteiger partial charge in [0.1, 0.15) is 5.75 Å². The van der Waals surface area contributed by atoms with Crippen LogP contribution in [-0.2, 0) is 0 Å². The number of nitrogens with one attached hydrogen (secondary N) is 1. The number of carbonyl (C=O) groups excluding carboxylic acids is 1. The number of rotatable bonds is 6. The molecule has 1 atom stereocenters. The number of methoxy groups -OCH3 is 1. The van der Waals surface area contributed by atoms with Crippen LogP contribution in [0.3, 0.4) is 0 Å². The number of amides is 1. The van der Waals surface area contributed by atoms with Gasteiger partial charge >= 0.3 is 0 Å². The van der Waals surface area contributed by atoms with E-state index in [1.165, 1.54) is 0 Å². The molecule has 0 heterocycles. The first-order valence-corrected chi connectivity index (χ1v) is 8.78. The van der Waals surface area contributed by atoms with Crippen molar-refractivity contribution in [3.63, 3.8) is 0 Å². The standard InChI is InChI=1S/C19H22INO2/c1-13(2)12-18(14-6-10-17(23-3)11-7-14)21-19(22)15-4-8-16(20)9-5-15/h4-11,13,18H,12H2,1-3H3,(H,21,22)/t18-/m1/s1. The number of halogens is 1. The van der Waals surface area contributed by atoms with Crippen LogP contribution in [0.2, 0.25) is 0 Å². The maximum atomic E-state index is 12.5. The summed E-state index contributed by atoms with van der Waals surface area (Å²) in [6, 6.07) is 15.5. The monoisotopic (exact) mass is 423 g/mol. The van der Waals surface area contributed by atoms with Crippen LogP contribution >= 0.6 is 22.6 Å². The lowest BCUT2D eigenvalue weighted by molar-refractivity contribution is 0.0932. The van der Waals surface area contributed by atoms with Crippen molar-refractivity contribution in [3.8, 4) is 5.75 Å². The van der Waals surface area contributed by atoms with Crippen LogP contribution in [0.15, 0.2) is 48.5 Å². The molecular formula is C19H22INO2. The van der Waals surface area contributed by atoms with E-state index in [9.17, 15) is 4.79 Å². The highest BCUT2D eigenvalue weighted by Gasteiger charge is 2.17. The largest absolute Gasteiger partial charge is 0.497 e. The maximum absolute atomic E-state index is 12.5. The van der Waals surface area contributed by atoms with Crippen LogP contribution in [0.25, 0.3) is 0 Å². The van der Waals surface area contributed by atoms with Crippen molar-refractivity contribution in [3.05, 3.63) is 63.2 Å². The smallest absolute Gasteiger partial charge is 0.251 e. The number of benzene rings is 2. The van der Waals surface area contributed by atoms with Crippen LogP contribution in [0, 0.1) is 9.49 Å². The van der Waals surface area contributed by atoms with Gasteiger partial charge in [-0.1, -0.05) is 26.0 Å². The molecule has 0 aliphatic carbocycles. The molecule has 0 spiro atoms. The second-order valence-corrected chi connectivity index (χ2v) is 7.18. The summed E-state index contributed by atoms with van der Waals surface area (Å²) in [6.07, 6.45) is 0.891. The molecule has 1 N–H and O–H groups in total. The summed E-state index contributed by atoms with van der Waals surface area (Å²) < 4.78 is 6.32. The molecule has 122 valence electrons. The Balaban J connectivity index is 2.17.